The Morgan fingerprint density at radius 3 is 2.83 bits per heavy atom. The first-order valence-electron chi connectivity index (χ1n) is 5.28. The molecule has 3 N–H and O–H groups in total. The summed E-state index contributed by atoms with van der Waals surface area (Å²) >= 11 is 0.977. The van der Waals surface area contributed by atoms with E-state index in [1.807, 2.05) is 0 Å². The lowest BCUT2D eigenvalue weighted by molar-refractivity contribution is -0.133. The van der Waals surface area contributed by atoms with Crippen LogP contribution in [0.5, 0.6) is 0 Å². The molecule has 96 valence electrons. The number of carboxylic acid groups (broad SMARTS) is 1. The quantitative estimate of drug-likeness (QED) is 0.684. The fraction of sp³-hybridized carbons (Fsp3) is 0.400. The van der Waals surface area contributed by atoms with Gasteiger partial charge in [0.2, 0.25) is 11.8 Å². The molecule has 2 rings (SSSR count). The number of nitrogens with zero attached hydrogens (tertiary/aromatic N) is 1. The van der Waals surface area contributed by atoms with Gasteiger partial charge in [-0.05, 0) is 13.3 Å². The zero-order valence-electron chi connectivity index (χ0n) is 9.52. The van der Waals surface area contributed by atoms with Crippen LogP contribution in [0.1, 0.15) is 28.2 Å². The summed E-state index contributed by atoms with van der Waals surface area (Å²) in [5.74, 6) is -1.74. The predicted molar refractivity (Wildman–Crippen MR) is 63.6 cm³/mol. The Balaban J connectivity index is 2.10. The Labute approximate surface area is 106 Å². The number of amides is 2. The number of hydrogen-bond acceptors (Lipinski definition) is 6. The Morgan fingerprint density at radius 2 is 2.28 bits per heavy atom. The van der Waals surface area contributed by atoms with E-state index in [0.29, 0.717) is 17.2 Å². The molecule has 0 bridgehead atoms. The van der Waals surface area contributed by atoms with Crippen LogP contribution in [0.3, 0.4) is 0 Å². The molecule has 7 nitrogen and oxygen atoms in total. The van der Waals surface area contributed by atoms with Gasteiger partial charge in [0, 0.05) is 6.42 Å². The number of aryl methyl sites for hydroxylation is 1. The van der Waals surface area contributed by atoms with Gasteiger partial charge in [-0.3, -0.25) is 14.9 Å². The Kier molecular flexibility index (Phi) is 3.28. The SMILES string of the molecule is Cc1nc(NC2CCC(=O)NC2=O)sc1C(=O)O. The molecule has 2 heterocycles. The molecule has 8 heteroatoms. The predicted octanol–water partition coefficient (Wildman–Crippen LogP) is 0.367. The van der Waals surface area contributed by atoms with Gasteiger partial charge in [-0.15, -0.1) is 0 Å². The van der Waals surface area contributed by atoms with Crippen molar-refractivity contribution in [3.8, 4) is 0 Å². The molecule has 2 amide bonds. The fourth-order valence-corrected chi connectivity index (χ4v) is 2.49. The zero-order chi connectivity index (χ0) is 13.3. The van der Waals surface area contributed by atoms with E-state index in [9.17, 15) is 14.4 Å². The number of anilines is 1. The number of nitrogens with one attached hydrogen (secondary N) is 2. The number of carbonyl (C=O) groups excluding carboxylic acids is 2. The van der Waals surface area contributed by atoms with E-state index < -0.39 is 17.9 Å². The summed E-state index contributed by atoms with van der Waals surface area (Å²) in [7, 11) is 0. The maximum atomic E-state index is 11.5. The topological polar surface area (TPSA) is 108 Å². The zero-order valence-corrected chi connectivity index (χ0v) is 10.3. The van der Waals surface area contributed by atoms with E-state index in [1.54, 1.807) is 6.92 Å². The molecule has 1 aromatic rings. The van der Waals surface area contributed by atoms with Crippen molar-refractivity contribution in [2.75, 3.05) is 5.32 Å². The van der Waals surface area contributed by atoms with Crippen LogP contribution in [0.4, 0.5) is 5.13 Å². The molecule has 1 fully saturated rings. The van der Waals surface area contributed by atoms with Crippen LogP contribution in [0.25, 0.3) is 0 Å². The first kappa shape index (κ1) is 12.5. The third kappa shape index (κ3) is 2.48. The van der Waals surface area contributed by atoms with Crippen molar-refractivity contribution in [2.24, 2.45) is 0 Å². The lowest BCUT2D eigenvalue weighted by atomic mass is 10.1. The average Bonchev–Trinajstić information content (AvgIpc) is 2.64. The number of rotatable bonds is 3. The summed E-state index contributed by atoms with van der Waals surface area (Å²) in [5, 5.41) is 14.3. The normalized spacial score (nSPS) is 19.5. The third-order valence-electron chi connectivity index (χ3n) is 2.53. The van der Waals surface area contributed by atoms with Crippen molar-refractivity contribution in [2.45, 2.75) is 25.8 Å². The summed E-state index contributed by atoms with van der Waals surface area (Å²) in [4.78, 5) is 37.5. The number of thiazole rings is 1. The average molecular weight is 269 g/mol. The van der Waals surface area contributed by atoms with Crippen molar-refractivity contribution in [3.05, 3.63) is 10.6 Å². The van der Waals surface area contributed by atoms with Gasteiger partial charge in [0.05, 0.1) is 5.69 Å². The van der Waals surface area contributed by atoms with Crippen LogP contribution in [0.15, 0.2) is 0 Å². The molecule has 0 aromatic carbocycles. The highest BCUT2D eigenvalue weighted by atomic mass is 32.1. The second-order valence-electron chi connectivity index (χ2n) is 3.89. The number of imide groups is 1. The monoisotopic (exact) mass is 269 g/mol. The van der Waals surface area contributed by atoms with Crippen LogP contribution < -0.4 is 10.6 Å². The summed E-state index contributed by atoms with van der Waals surface area (Å²) in [6, 6.07) is -0.546. The molecule has 1 unspecified atom stereocenters. The highest BCUT2D eigenvalue weighted by Gasteiger charge is 2.27. The van der Waals surface area contributed by atoms with Gasteiger partial charge >= 0.3 is 5.97 Å². The molecule has 1 aliphatic heterocycles. The summed E-state index contributed by atoms with van der Waals surface area (Å²) in [5.41, 5.74) is 0.405. The molecular weight excluding hydrogens is 258 g/mol. The minimum atomic E-state index is -1.04. The number of aromatic nitrogens is 1. The van der Waals surface area contributed by atoms with Crippen LogP contribution in [0.2, 0.25) is 0 Å². The molecule has 0 aliphatic carbocycles. The van der Waals surface area contributed by atoms with Crippen molar-refractivity contribution >= 4 is 34.3 Å². The number of aromatic carboxylic acids is 1. The Hall–Kier alpha value is -1.96. The van der Waals surface area contributed by atoms with E-state index in [-0.39, 0.29) is 17.2 Å². The molecule has 1 aliphatic rings. The van der Waals surface area contributed by atoms with Crippen molar-refractivity contribution in [3.63, 3.8) is 0 Å². The Morgan fingerprint density at radius 1 is 1.56 bits per heavy atom. The van der Waals surface area contributed by atoms with Gasteiger partial charge in [0.15, 0.2) is 5.13 Å². The summed E-state index contributed by atoms with van der Waals surface area (Å²) in [6.45, 7) is 1.59. The van der Waals surface area contributed by atoms with E-state index in [4.69, 9.17) is 5.11 Å². The highest BCUT2D eigenvalue weighted by Crippen LogP contribution is 2.24. The van der Waals surface area contributed by atoms with Gasteiger partial charge in [-0.25, -0.2) is 9.78 Å². The summed E-state index contributed by atoms with van der Waals surface area (Å²) in [6.07, 6.45) is 0.644. The van der Waals surface area contributed by atoms with Crippen molar-refractivity contribution in [1.29, 1.82) is 0 Å². The lowest BCUT2D eigenvalue weighted by Crippen LogP contribution is -2.47. The van der Waals surface area contributed by atoms with Crippen LogP contribution in [0, 0.1) is 6.92 Å². The molecular formula is C10H11N3O4S. The smallest absolute Gasteiger partial charge is 0.347 e. The van der Waals surface area contributed by atoms with Crippen LogP contribution in [-0.2, 0) is 9.59 Å². The number of piperidine rings is 1. The van der Waals surface area contributed by atoms with Crippen molar-refractivity contribution < 1.29 is 19.5 Å². The summed E-state index contributed by atoms with van der Waals surface area (Å²) < 4.78 is 0. The second kappa shape index (κ2) is 4.73. The fourth-order valence-electron chi connectivity index (χ4n) is 1.64. The van der Waals surface area contributed by atoms with E-state index in [0.717, 1.165) is 11.3 Å². The highest BCUT2D eigenvalue weighted by molar-refractivity contribution is 7.17. The van der Waals surface area contributed by atoms with Crippen LogP contribution in [-0.4, -0.2) is 33.9 Å². The lowest BCUT2D eigenvalue weighted by Gasteiger charge is -2.21. The van der Waals surface area contributed by atoms with E-state index in [1.165, 1.54) is 0 Å². The molecule has 0 radical (unpaired) electrons. The largest absolute Gasteiger partial charge is 0.477 e. The van der Waals surface area contributed by atoms with Gasteiger partial charge in [-0.1, -0.05) is 11.3 Å². The van der Waals surface area contributed by atoms with Gasteiger partial charge in [0.1, 0.15) is 10.9 Å². The molecule has 0 saturated carbocycles. The maximum Gasteiger partial charge on any atom is 0.347 e. The molecule has 18 heavy (non-hydrogen) atoms. The molecule has 1 aromatic heterocycles. The molecule has 0 spiro atoms. The second-order valence-corrected chi connectivity index (χ2v) is 4.89. The van der Waals surface area contributed by atoms with E-state index >= 15 is 0 Å². The standard InChI is InChI=1S/C10H11N3O4S/c1-4-7(9(16)17)18-10(11-4)12-5-2-3-6(14)13-8(5)15/h5H,2-3H2,1H3,(H,11,12)(H,16,17)(H,13,14,15). The number of hydrogen-bond donors (Lipinski definition) is 3. The van der Waals surface area contributed by atoms with Gasteiger partial charge in [0.25, 0.3) is 0 Å². The maximum absolute atomic E-state index is 11.5. The first-order chi connectivity index (χ1) is 8.47. The first-order valence-corrected chi connectivity index (χ1v) is 6.10. The Bertz CT molecular complexity index is 525. The van der Waals surface area contributed by atoms with Gasteiger partial charge in [-0.2, -0.15) is 0 Å². The minimum absolute atomic E-state index is 0.143. The molecule has 1 saturated heterocycles. The van der Waals surface area contributed by atoms with E-state index in [2.05, 4.69) is 15.6 Å². The number of carboxylic acids is 1. The van der Waals surface area contributed by atoms with Crippen molar-refractivity contribution in [1.82, 2.24) is 10.3 Å². The van der Waals surface area contributed by atoms with Crippen LogP contribution >= 0.6 is 11.3 Å². The van der Waals surface area contributed by atoms with Gasteiger partial charge < -0.3 is 10.4 Å². The minimum Gasteiger partial charge on any atom is -0.477 e. The third-order valence-corrected chi connectivity index (χ3v) is 3.60. The number of carbonyl (C=O) groups is 3. The molecule has 1 atom stereocenters.